The molecular weight excluding hydrogens is 308 g/mol. The van der Waals surface area contributed by atoms with Gasteiger partial charge < -0.3 is 15.2 Å². The van der Waals surface area contributed by atoms with Gasteiger partial charge in [-0.1, -0.05) is 6.07 Å². The lowest BCUT2D eigenvalue weighted by molar-refractivity contribution is 0.113. The lowest BCUT2D eigenvalue weighted by Crippen LogP contribution is -2.49. The number of pyridine rings is 1. The minimum Gasteiger partial charge on any atom is -0.367 e. The zero-order valence-corrected chi connectivity index (χ0v) is 14.4. The number of fused-ring (bicyclic) bond motifs is 3. The zero-order valence-electron chi connectivity index (χ0n) is 14.4. The molecule has 4 heterocycles. The van der Waals surface area contributed by atoms with E-state index in [1.807, 2.05) is 12.4 Å². The Bertz CT molecular complexity index is 867. The molecular formula is C21H24N4. The second kappa shape index (κ2) is 6.19. The van der Waals surface area contributed by atoms with Crippen LogP contribution in [-0.4, -0.2) is 40.5 Å². The lowest BCUT2D eigenvalue weighted by atomic mass is 9.85. The van der Waals surface area contributed by atoms with Gasteiger partial charge >= 0.3 is 0 Å². The first-order valence-electron chi connectivity index (χ1n) is 9.38. The molecule has 4 heteroatoms. The van der Waals surface area contributed by atoms with Crippen molar-refractivity contribution in [3.05, 3.63) is 48.8 Å². The van der Waals surface area contributed by atoms with Crippen LogP contribution in [0.2, 0.25) is 0 Å². The van der Waals surface area contributed by atoms with Crippen molar-refractivity contribution < 1.29 is 0 Å². The van der Waals surface area contributed by atoms with Crippen LogP contribution in [0.3, 0.4) is 0 Å². The summed E-state index contributed by atoms with van der Waals surface area (Å²) in [6.45, 7) is 3.77. The van der Waals surface area contributed by atoms with Crippen LogP contribution < -0.4 is 5.32 Å². The van der Waals surface area contributed by atoms with E-state index in [0.29, 0.717) is 6.04 Å². The third-order valence-corrected chi connectivity index (χ3v) is 5.85. The summed E-state index contributed by atoms with van der Waals surface area (Å²) in [7, 11) is 0. The number of nitrogens with zero attached hydrogens (tertiary/aromatic N) is 2. The fourth-order valence-electron chi connectivity index (χ4n) is 4.44. The summed E-state index contributed by atoms with van der Waals surface area (Å²) < 4.78 is 0. The van der Waals surface area contributed by atoms with Gasteiger partial charge in [0.05, 0.1) is 0 Å². The predicted molar refractivity (Wildman–Crippen MR) is 103 cm³/mol. The highest BCUT2D eigenvalue weighted by Gasteiger charge is 2.31. The topological polar surface area (TPSA) is 44.0 Å². The second-order valence-electron chi connectivity index (χ2n) is 7.45. The molecule has 4 nitrogen and oxygen atoms in total. The third-order valence-electron chi connectivity index (χ3n) is 5.85. The minimum atomic E-state index is 0.575. The van der Waals surface area contributed by atoms with Crippen LogP contribution in [0.4, 0.5) is 5.82 Å². The van der Waals surface area contributed by atoms with Gasteiger partial charge in [-0.25, -0.2) is 4.98 Å². The summed E-state index contributed by atoms with van der Waals surface area (Å²) >= 11 is 0. The van der Waals surface area contributed by atoms with E-state index < -0.39 is 0 Å². The van der Waals surface area contributed by atoms with Crippen LogP contribution >= 0.6 is 0 Å². The van der Waals surface area contributed by atoms with Crippen molar-refractivity contribution in [1.82, 2.24) is 14.9 Å². The Balaban J connectivity index is 1.32. The Morgan fingerprint density at radius 3 is 2.92 bits per heavy atom. The molecule has 2 aliphatic heterocycles. The number of aromatic amines is 1. The number of rotatable bonds is 3. The largest absolute Gasteiger partial charge is 0.367 e. The van der Waals surface area contributed by atoms with Crippen LogP contribution in [-0.2, 0) is 0 Å². The van der Waals surface area contributed by atoms with Gasteiger partial charge in [0, 0.05) is 42.6 Å². The molecule has 0 aliphatic carbocycles. The first-order chi connectivity index (χ1) is 12.3. The number of anilines is 1. The molecule has 0 saturated carbocycles. The monoisotopic (exact) mass is 332 g/mol. The highest BCUT2D eigenvalue weighted by Crippen LogP contribution is 2.29. The molecule has 128 valence electrons. The number of benzene rings is 1. The van der Waals surface area contributed by atoms with Crippen molar-refractivity contribution in [2.24, 2.45) is 5.92 Å². The fraction of sp³-hybridized carbons (Fsp3) is 0.381. The molecule has 0 spiro atoms. The maximum atomic E-state index is 4.69. The molecule has 3 aromatic rings. The molecule has 0 amide bonds. The number of aromatic nitrogens is 2. The van der Waals surface area contributed by atoms with E-state index >= 15 is 0 Å². The lowest BCUT2D eigenvalue weighted by Gasteiger charge is -2.43. The van der Waals surface area contributed by atoms with Crippen LogP contribution in [0.1, 0.15) is 19.3 Å². The molecule has 2 fully saturated rings. The normalized spacial score (nSPS) is 25.8. The molecule has 1 unspecified atom stereocenters. The second-order valence-corrected chi connectivity index (χ2v) is 7.45. The number of piperidine rings is 2. The molecule has 2 bridgehead atoms. The predicted octanol–water partition coefficient (Wildman–Crippen LogP) is 4.13. The van der Waals surface area contributed by atoms with E-state index in [4.69, 9.17) is 4.98 Å². The maximum Gasteiger partial charge on any atom is 0.126 e. The van der Waals surface area contributed by atoms with Gasteiger partial charge in [0.15, 0.2) is 0 Å². The summed E-state index contributed by atoms with van der Waals surface area (Å²) in [6, 6.07) is 13.5. The summed E-state index contributed by atoms with van der Waals surface area (Å²) in [5.41, 5.74) is 3.56. The van der Waals surface area contributed by atoms with Crippen LogP contribution in [0.25, 0.3) is 22.0 Å². The Kier molecular flexibility index (Phi) is 3.71. The Morgan fingerprint density at radius 2 is 2.00 bits per heavy atom. The number of hydrogen-bond donors (Lipinski definition) is 2. The van der Waals surface area contributed by atoms with Gasteiger partial charge in [-0.05, 0) is 73.0 Å². The molecule has 3 atom stereocenters. The standard InChI is InChI=1S/C21H24N4/c1-2-18-14-25(10-1)11-8-20(18)24-21-6-4-17(13-23-21)15-3-5-19-16(12-15)7-9-22-19/h3-7,9,12-13,18,20,22H,1-2,8,10-11,14H2,(H,23,24)/t18-,20+/m0/s1. The number of hydrogen-bond acceptors (Lipinski definition) is 3. The van der Waals surface area contributed by atoms with E-state index in [2.05, 4.69) is 51.6 Å². The number of H-pyrrole nitrogens is 1. The third kappa shape index (κ3) is 2.91. The Morgan fingerprint density at radius 1 is 1.04 bits per heavy atom. The summed E-state index contributed by atoms with van der Waals surface area (Å²) in [5, 5.41) is 4.94. The van der Waals surface area contributed by atoms with Gasteiger partial charge in [-0.15, -0.1) is 0 Å². The van der Waals surface area contributed by atoms with E-state index in [1.165, 1.54) is 60.9 Å². The molecule has 2 saturated heterocycles. The van der Waals surface area contributed by atoms with Gasteiger partial charge in [-0.3, -0.25) is 0 Å². The summed E-state index contributed by atoms with van der Waals surface area (Å²) in [5.74, 6) is 1.79. The molecule has 2 aliphatic rings. The van der Waals surface area contributed by atoms with Gasteiger partial charge in [0.25, 0.3) is 0 Å². The first kappa shape index (κ1) is 15.0. The molecule has 1 aromatic carbocycles. The van der Waals surface area contributed by atoms with Crippen LogP contribution in [0.5, 0.6) is 0 Å². The van der Waals surface area contributed by atoms with Crippen LogP contribution in [0.15, 0.2) is 48.8 Å². The van der Waals surface area contributed by atoms with E-state index in [0.717, 1.165) is 11.7 Å². The molecule has 2 N–H and O–H groups in total. The van der Waals surface area contributed by atoms with E-state index in [9.17, 15) is 0 Å². The van der Waals surface area contributed by atoms with E-state index in [1.54, 1.807) is 0 Å². The maximum absolute atomic E-state index is 4.69. The average Bonchev–Trinajstić information content (AvgIpc) is 3.13. The minimum absolute atomic E-state index is 0.575. The van der Waals surface area contributed by atoms with E-state index in [-0.39, 0.29) is 0 Å². The van der Waals surface area contributed by atoms with Gasteiger partial charge in [-0.2, -0.15) is 0 Å². The first-order valence-corrected chi connectivity index (χ1v) is 9.38. The Labute approximate surface area is 148 Å². The smallest absolute Gasteiger partial charge is 0.126 e. The van der Waals surface area contributed by atoms with Crippen molar-refractivity contribution in [3.8, 4) is 11.1 Å². The molecule has 5 rings (SSSR count). The van der Waals surface area contributed by atoms with Crippen molar-refractivity contribution in [2.75, 3.05) is 25.0 Å². The van der Waals surface area contributed by atoms with Crippen molar-refractivity contribution in [2.45, 2.75) is 25.3 Å². The van der Waals surface area contributed by atoms with Gasteiger partial charge in [0.1, 0.15) is 5.82 Å². The summed E-state index contributed by atoms with van der Waals surface area (Å²) in [4.78, 5) is 10.5. The SMILES string of the molecule is c1cc2cc(-c3ccc(N[C@@H]4CCN5CCC[C@H]4C5)nc3)ccc2[nH]1. The molecule has 25 heavy (non-hydrogen) atoms. The van der Waals surface area contributed by atoms with Crippen LogP contribution in [0, 0.1) is 5.92 Å². The van der Waals surface area contributed by atoms with Crippen molar-refractivity contribution in [1.29, 1.82) is 0 Å². The average molecular weight is 332 g/mol. The van der Waals surface area contributed by atoms with Crippen molar-refractivity contribution >= 4 is 16.7 Å². The molecule has 2 aromatic heterocycles. The quantitative estimate of drug-likeness (QED) is 0.758. The van der Waals surface area contributed by atoms with Crippen molar-refractivity contribution in [3.63, 3.8) is 0 Å². The zero-order chi connectivity index (χ0) is 16.6. The molecule has 0 radical (unpaired) electrons. The highest BCUT2D eigenvalue weighted by atomic mass is 15.2. The highest BCUT2D eigenvalue weighted by molar-refractivity contribution is 5.84. The van der Waals surface area contributed by atoms with Gasteiger partial charge in [0.2, 0.25) is 0 Å². The fourth-order valence-corrected chi connectivity index (χ4v) is 4.44. The number of nitrogens with one attached hydrogen (secondary N) is 2. The Hall–Kier alpha value is -2.33. The summed E-state index contributed by atoms with van der Waals surface area (Å²) in [6.07, 6.45) is 7.90.